The summed E-state index contributed by atoms with van der Waals surface area (Å²) >= 11 is 0. The van der Waals surface area contributed by atoms with E-state index in [-0.39, 0.29) is 24.6 Å². The van der Waals surface area contributed by atoms with Crippen molar-refractivity contribution in [3.63, 3.8) is 0 Å². The monoisotopic (exact) mass is 448 g/mol. The lowest BCUT2D eigenvalue weighted by molar-refractivity contribution is -0.147. The van der Waals surface area contributed by atoms with Crippen LogP contribution in [-0.2, 0) is 25.7 Å². The van der Waals surface area contributed by atoms with Crippen LogP contribution in [0.1, 0.15) is 109 Å². The topological polar surface area (TPSA) is 72.8 Å². The zero-order chi connectivity index (χ0) is 23.4. The number of hydrogen-bond donors (Lipinski definition) is 1. The molecular weight excluding hydrogens is 404 g/mol. The lowest BCUT2D eigenvalue weighted by Crippen LogP contribution is -2.21. The number of ether oxygens (including phenoxy) is 2. The molecule has 2 atom stereocenters. The summed E-state index contributed by atoms with van der Waals surface area (Å²) in [6.45, 7) is 4.32. The maximum Gasteiger partial charge on any atom is 0.303 e. The number of hydrogen-bond acceptors (Lipinski definition) is 4. The number of rotatable bonds is 20. The molecule has 0 fully saturated rings. The van der Waals surface area contributed by atoms with E-state index in [1.165, 1.54) is 38.2 Å². The molecule has 0 aromatic heterocycles. The Kier molecular flexibility index (Phi) is 16.4. The molecule has 0 spiro atoms. The highest BCUT2D eigenvalue weighted by atomic mass is 16.5. The van der Waals surface area contributed by atoms with Gasteiger partial charge in [0.25, 0.3) is 0 Å². The van der Waals surface area contributed by atoms with Crippen molar-refractivity contribution in [1.29, 1.82) is 0 Å². The van der Waals surface area contributed by atoms with Crippen LogP contribution in [-0.4, -0.2) is 29.3 Å². The first-order valence-electron chi connectivity index (χ1n) is 12.6. The minimum absolute atomic E-state index is 0.0648. The Morgan fingerprint density at radius 2 is 1.41 bits per heavy atom. The maximum absolute atomic E-state index is 11.6. The van der Waals surface area contributed by atoms with Crippen molar-refractivity contribution in [3.8, 4) is 0 Å². The summed E-state index contributed by atoms with van der Waals surface area (Å²) < 4.78 is 11.9. The van der Waals surface area contributed by atoms with Crippen LogP contribution in [0.4, 0.5) is 0 Å². The fourth-order valence-corrected chi connectivity index (χ4v) is 3.95. The van der Waals surface area contributed by atoms with Gasteiger partial charge in [0, 0.05) is 13.3 Å². The molecule has 0 aliphatic rings. The minimum atomic E-state index is -0.723. The zero-order valence-electron chi connectivity index (χ0n) is 20.2. The van der Waals surface area contributed by atoms with Crippen LogP contribution in [0.2, 0.25) is 0 Å². The summed E-state index contributed by atoms with van der Waals surface area (Å²) in [6.07, 6.45) is 13.6. The third-order valence-electron chi connectivity index (χ3n) is 5.77. The molecule has 1 aromatic rings. The fourth-order valence-electron chi connectivity index (χ4n) is 3.95. The highest BCUT2D eigenvalue weighted by Crippen LogP contribution is 2.20. The predicted octanol–water partition coefficient (Wildman–Crippen LogP) is 7.07. The second-order valence-electron chi connectivity index (χ2n) is 8.78. The molecule has 2 unspecified atom stereocenters. The van der Waals surface area contributed by atoms with Crippen molar-refractivity contribution in [2.24, 2.45) is 0 Å². The normalized spacial score (nSPS) is 12.9. The average Bonchev–Trinajstić information content (AvgIpc) is 2.77. The van der Waals surface area contributed by atoms with Crippen LogP contribution in [0.3, 0.4) is 0 Å². The average molecular weight is 449 g/mol. The van der Waals surface area contributed by atoms with E-state index in [1.54, 1.807) is 0 Å². The molecule has 1 aromatic carbocycles. The van der Waals surface area contributed by atoms with Crippen LogP contribution in [0, 0.1) is 0 Å². The Labute approximate surface area is 194 Å². The first kappa shape index (κ1) is 28.2. The molecule has 0 saturated heterocycles. The molecule has 0 aliphatic carbocycles. The van der Waals surface area contributed by atoms with E-state index in [1.807, 2.05) is 18.2 Å². The highest BCUT2D eigenvalue weighted by molar-refractivity contribution is 5.66. The van der Waals surface area contributed by atoms with Crippen LogP contribution in [0.5, 0.6) is 0 Å². The smallest absolute Gasteiger partial charge is 0.303 e. The van der Waals surface area contributed by atoms with Gasteiger partial charge in [-0.2, -0.15) is 0 Å². The molecular formula is C27H44O5. The lowest BCUT2D eigenvalue weighted by Gasteiger charge is -2.22. The van der Waals surface area contributed by atoms with E-state index in [0.717, 1.165) is 57.8 Å². The van der Waals surface area contributed by atoms with E-state index in [9.17, 15) is 9.59 Å². The first-order valence-corrected chi connectivity index (χ1v) is 12.6. The molecule has 1 N–H and O–H groups in total. The SMILES string of the molecule is CCCCCCC(CCC(CCCCCCCC(=O)O)OC(C)=O)OCc1ccccc1. The summed E-state index contributed by atoms with van der Waals surface area (Å²) in [5, 5.41) is 8.70. The summed E-state index contributed by atoms with van der Waals surface area (Å²) in [6, 6.07) is 10.3. The molecule has 0 bridgehead atoms. The van der Waals surface area contributed by atoms with Gasteiger partial charge >= 0.3 is 11.9 Å². The molecule has 0 saturated carbocycles. The van der Waals surface area contributed by atoms with Gasteiger partial charge < -0.3 is 14.6 Å². The van der Waals surface area contributed by atoms with Crippen molar-refractivity contribution in [2.75, 3.05) is 0 Å². The molecule has 32 heavy (non-hydrogen) atoms. The van der Waals surface area contributed by atoms with Crippen molar-refractivity contribution in [3.05, 3.63) is 35.9 Å². The van der Waals surface area contributed by atoms with Crippen molar-refractivity contribution in [1.82, 2.24) is 0 Å². The molecule has 0 amide bonds. The Bertz CT molecular complexity index is 601. The molecule has 5 heteroatoms. The molecule has 182 valence electrons. The van der Waals surface area contributed by atoms with Gasteiger partial charge in [0.2, 0.25) is 0 Å². The number of carboxylic acids is 1. The number of unbranched alkanes of at least 4 members (excludes halogenated alkanes) is 7. The van der Waals surface area contributed by atoms with Crippen LogP contribution in [0.15, 0.2) is 30.3 Å². The van der Waals surface area contributed by atoms with Crippen molar-refractivity contribution < 1.29 is 24.2 Å². The number of aliphatic carboxylic acids is 1. The second-order valence-corrected chi connectivity index (χ2v) is 8.78. The summed E-state index contributed by atoms with van der Waals surface area (Å²) in [5.74, 6) is -0.945. The molecule has 1 rings (SSSR count). The number of esters is 1. The standard InChI is InChI=1S/C27H44O5/c1-3-4-5-12-17-25(31-22-24-15-10-9-11-16-24)20-21-26(32-23(2)28)18-13-7-6-8-14-19-27(29)30/h9-11,15-16,25-26H,3-8,12-14,17-22H2,1-2H3,(H,29,30). The number of carbonyl (C=O) groups excluding carboxylic acids is 1. The Morgan fingerprint density at radius 3 is 2.06 bits per heavy atom. The summed E-state index contributed by atoms with van der Waals surface area (Å²) in [4.78, 5) is 22.2. The molecule has 0 heterocycles. The van der Waals surface area contributed by atoms with Crippen molar-refractivity contribution >= 4 is 11.9 Å². The van der Waals surface area contributed by atoms with Gasteiger partial charge in [0.05, 0.1) is 12.7 Å². The zero-order valence-corrected chi connectivity index (χ0v) is 20.2. The van der Waals surface area contributed by atoms with Gasteiger partial charge in [-0.25, -0.2) is 0 Å². The van der Waals surface area contributed by atoms with Gasteiger partial charge in [0.15, 0.2) is 0 Å². The van der Waals surface area contributed by atoms with Gasteiger partial charge in [-0.1, -0.05) is 82.2 Å². The largest absolute Gasteiger partial charge is 0.481 e. The third-order valence-corrected chi connectivity index (χ3v) is 5.77. The van der Waals surface area contributed by atoms with E-state index in [4.69, 9.17) is 14.6 Å². The molecule has 0 aliphatic heterocycles. The lowest BCUT2D eigenvalue weighted by atomic mass is 10.00. The van der Waals surface area contributed by atoms with E-state index in [0.29, 0.717) is 6.61 Å². The number of carboxylic acid groups (broad SMARTS) is 1. The second kappa shape index (κ2) is 18.7. The van der Waals surface area contributed by atoms with Gasteiger partial charge in [0.1, 0.15) is 6.10 Å². The molecule has 0 radical (unpaired) electrons. The van der Waals surface area contributed by atoms with Crippen LogP contribution in [0.25, 0.3) is 0 Å². The third kappa shape index (κ3) is 15.9. The fraction of sp³-hybridized carbons (Fsp3) is 0.704. The Balaban J connectivity index is 2.43. The quantitative estimate of drug-likeness (QED) is 0.171. The summed E-state index contributed by atoms with van der Waals surface area (Å²) in [7, 11) is 0. The predicted molar refractivity (Wildman–Crippen MR) is 129 cm³/mol. The van der Waals surface area contributed by atoms with Gasteiger partial charge in [-0.05, 0) is 44.1 Å². The maximum atomic E-state index is 11.6. The summed E-state index contributed by atoms with van der Waals surface area (Å²) in [5.41, 5.74) is 1.19. The van der Waals surface area contributed by atoms with Gasteiger partial charge in [-0.3, -0.25) is 9.59 Å². The van der Waals surface area contributed by atoms with E-state index in [2.05, 4.69) is 19.1 Å². The van der Waals surface area contributed by atoms with Gasteiger partial charge in [-0.15, -0.1) is 0 Å². The minimum Gasteiger partial charge on any atom is -0.481 e. The van der Waals surface area contributed by atoms with Crippen LogP contribution >= 0.6 is 0 Å². The number of benzene rings is 1. The van der Waals surface area contributed by atoms with E-state index < -0.39 is 5.97 Å². The Morgan fingerprint density at radius 1 is 0.812 bits per heavy atom. The number of carbonyl (C=O) groups is 2. The van der Waals surface area contributed by atoms with E-state index >= 15 is 0 Å². The highest BCUT2D eigenvalue weighted by Gasteiger charge is 2.17. The van der Waals surface area contributed by atoms with Crippen molar-refractivity contribution in [2.45, 2.75) is 123 Å². The van der Waals surface area contributed by atoms with Crippen LogP contribution < -0.4 is 0 Å². The molecule has 5 nitrogen and oxygen atoms in total. The first-order chi connectivity index (χ1) is 15.5. The Hall–Kier alpha value is -1.88.